The molecule has 0 fully saturated rings. The molecule has 0 heterocycles. The van der Waals surface area contributed by atoms with Crippen molar-refractivity contribution in [3.05, 3.63) is 78.4 Å². The van der Waals surface area contributed by atoms with Crippen molar-refractivity contribution in [2.45, 2.75) is 6.42 Å². The first-order chi connectivity index (χ1) is 11.9. The lowest BCUT2D eigenvalue weighted by Crippen LogP contribution is -1.99. The third kappa shape index (κ3) is 4.54. The van der Waals surface area contributed by atoms with E-state index in [1.54, 1.807) is 12.1 Å². The lowest BCUT2D eigenvalue weighted by Gasteiger charge is -2.02. The second-order valence-electron chi connectivity index (χ2n) is 4.77. The summed E-state index contributed by atoms with van der Waals surface area (Å²) in [6, 6.07) is 9.02. The van der Waals surface area contributed by atoms with Crippen LogP contribution in [-0.2, 0) is 6.42 Å². The molecule has 2 aromatic carbocycles. The topological polar surface area (TPSA) is 154 Å². The van der Waals surface area contributed by atoms with Gasteiger partial charge in [-0.3, -0.25) is 35.8 Å². The standard InChI is InChI=1S/C14H11N5O6/c20-17(21)11-3-1-10(2-4-11)7-8-15-16-13-6-5-12(18(22)23)9-14(13)19(24)25/h1-6,8-9,16H,7H2/b15-8+. The maximum Gasteiger partial charge on any atom is 0.301 e. The van der Waals surface area contributed by atoms with Crippen LogP contribution in [0.3, 0.4) is 0 Å². The highest BCUT2D eigenvalue weighted by Crippen LogP contribution is 2.28. The largest absolute Gasteiger partial charge is 0.301 e. The summed E-state index contributed by atoms with van der Waals surface area (Å²) in [5.74, 6) is 0. The maximum atomic E-state index is 11.0. The van der Waals surface area contributed by atoms with E-state index < -0.39 is 26.1 Å². The highest BCUT2D eigenvalue weighted by molar-refractivity contribution is 5.68. The van der Waals surface area contributed by atoms with Gasteiger partial charge in [-0.1, -0.05) is 12.1 Å². The molecule has 0 saturated carbocycles. The van der Waals surface area contributed by atoms with Crippen molar-refractivity contribution in [2.24, 2.45) is 5.10 Å². The molecule has 0 radical (unpaired) electrons. The summed E-state index contributed by atoms with van der Waals surface area (Å²) in [5, 5.41) is 36.0. The molecule has 2 aromatic rings. The molecule has 0 aliphatic heterocycles. The molecule has 0 atom stereocenters. The third-order valence-corrected chi connectivity index (χ3v) is 3.14. The Morgan fingerprint density at radius 3 is 2.04 bits per heavy atom. The van der Waals surface area contributed by atoms with Crippen molar-refractivity contribution in [3.63, 3.8) is 0 Å². The Balaban J connectivity index is 2.05. The molecule has 2 rings (SSSR count). The minimum Gasteiger partial charge on any atom is -0.272 e. The van der Waals surface area contributed by atoms with Crippen LogP contribution < -0.4 is 5.43 Å². The SMILES string of the molecule is O=[N+]([O-])c1ccc(C/C=N/Nc2ccc([N+](=O)[O-])cc2[N+](=O)[O-])cc1. The maximum absolute atomic E-state index is 11.0. The second-order valence-corrected chi connectivity index (χ2v) is 4.77. The fraction of sp³-hybridized carbons (Fsp3) is 0.0714. The average Bonchev–Trinajstić information content (AvgIpc) is 2.58. The number of non-ortho nitro benzene ring substituents is 2. The van der Waals surface area contributed by atoms with Crippen LogP contribution in [0.15, 0.2) is 47.6 Å². The van der Waals surface area contributed by atoms with Crippen LogP contribution in [0, 0.1) is 30.3 Å². The number of nitro benzene ring substituents is 3. The van der Waals surface area contributed by atoms with E-state index in [2.05, 4.69) is 10.5 Å². The van der Waals surface area contributed by atoms with E-state index in [4.69, 9.17) is 0 Å². The number of hydrogen-bond donors (Lipinski definition) is 1. The first kappa shape index (κ1) is 17.5. The minimum absolute atomic E-state index is 0.00977. The predicted octanol–water partition coefficient (Wildman–Crippen LogP) is 3.05. The second kappa shape index (κ2) is 7.59. The van der Waals surface area contributed by atoms with Crippen LogP contribution in [0.1, 0.15) is 5.56 Å². The molecule has 0 unspecified atom stereocenters. The number of rotatable bonds is 7. The van der Waals surface area contributed by atoms with Crippen molar-refractivity contribution in [1.82, 2.24) is 0 Å². The Bertz CT molecular complexity index is 849. The molecule has 25 heavy (non-hydrogen) atoms. The van der Waals surface area contributed by atoms with E-state index in [-0.39, 0.29) is 11.4 Å². The van der Waals surface area contributed by atoms with Gasteiger partial charge >= 0.3 is 5.69 Å². The Morgan fingerprint density at radius 2 is 1.48 bits per heavy atom. The van der Waals surface area contributed by atoms with Gasteiger partial charge in [0.1, 0.15) is 5.69 Å². The van der Waals surface area contributed by atoms with Gasteiger partial charge in [0.05, 0.1) is 20.8 Å². The number of nitrogens with zero attached hydrogens (tertiary/aromatic N) is 4. The molecule has 128 valence electrons. The Kier molecular flexibility index (Phi) is 5.30. The fourth-order valence-electron chi connectivity index (χ4n) is 1.90. The van der Waals surface area contributed by atoms with E-state index in [1.807, 2.05) is 0 Å². The number of hydrogen-bond acceptors (Lipinski definition) is 8. The quantitative estimate of drug-likeness (QED) is 0.459. The molecule has 0 aliphatic carbocycles. The van der Waals surface area contributed by atoms with E-state index >= 15 is 0 Å². The molecule has 0 aromatic heterocycles. The number of nitrogens with one attached hydrogen (secondary N) is 1. The van der Waals surface area contributed by atoms with Gasteiger partial charge in [0.2, 0.25) is 0 Å². The molecule has 11 nitrogen and oxygen atoms in total. The third-order valence-electron chi connectivity index (χ3n) is 3.14. The molecular formula is C14H11N5O6. The summed E-state index contributed by atoms with van der Waals surface area (Å²) < 4.78 is 0. The summed E-state index contributed by atoms with van der Waals surface area (Å²) in [6.07, 6.45) is 1.76. The normalized spacial score (nSPS) is 10.6. The minimum atomic E-state index is -0.749. The smallest absolute Gasteiger partial charge is 0.272 e. The summed E-state index contributed by atoms with van der Waals surface area (Å²) in [7, 11) is 0. The van der Waals surface area contributed by atoms with Crippen LogP contribution in [0.4, 0.5) is 22.7 Å². The molecule has 11 heteroatoms. The lowest BCUT2D eigenvalue weighted by molar-refractivity contribution is -0.393. The molecule has 0 spiro atoms. The molecule has 0 saturated heterocycles. The molecular weight excluding hydrogens is 334 g/mol. The van der Waals surface area contributed by atoms with E-state index in [0.717, 1.165) is 17.7 Å². The molecule has 0 aliphatic rings. The van der Waals surface area contributed by atoms with Gasteiger partial charge in [-0.2, -0.15) is 5.10 Å². The predicted molar refractivity (Wildman–Crippen MR) is 88.7 cm³/mol. The summed E-state index contributed by atoms with van der Waals surface area (Å²) >= 11 is 0. The van der Waals surface area contributed by atoms with Gasteiger partial charge in [-0.25, -0.2) is 0 Å². The van der Waals surface area contributed by atoms with Crippen LogP contribution in [0.25, 0.3) is 0 Å². The van der Waals surface area contributed by atoms with Crippen molar-refractivity contribution in [3.8, 4) is 0 Å². The highest BCUT2D eigenvalue weighted by Gasteiger charge is 2.18. The fourth-order valence-corrected chi connectivity index (χ4v) is 1.90. The number of anilines is 1. The Labute approximate surface area is 140 Å². The van der Waals surface area contributed by atoms with Gasteiger partial charge in [-0.15, -0.1) is 0 Å². The Hall–Kier alpha value is -3.89. The van der Waals surface area contributed by atoms with Crippen molar-refractivity contribution >= 4 is 29.0 Å². The van der Waals surface area contributed by atoms with E-state index in [0.29, 0.717) is 6.42 Å². The van der Waals surface area contributed by atoms with E-state index in [1.165, 1.54) is 24.4 Å². The van der Waals surface area contributed by atoms with Gasteiger partial charge < -0.3 is 0 Å². The zero-order chi connectivity index (χ0) is 18.4. The van der Waals surface area contributed by atoms with Crippen LogP contribution >= 0.6 is 0 Å². The van der Waals surface area contributed by atoms with Crippen LogP contribution in [0.5, 0.6) is 0 Å². The number of nitro groups is 3. The summed E-state index contributed by atoms with van der Waals surface area (Å²) in [4.78, 5) is 30.2. The van der Waals surface area contributed by atoms with Gasteiger partial charge in [0.25, 0.3) is 11.4 Å². The lowest BCUT2D eigenvalue weighted by atomic mass is 10.1. The zero-order valence-electron chi connectivity index (χ0n) is 12.6. The monoisotopic (exact) mass is 345 g/mol. The molecule has 0 amide bonds. The molecule has 0 bridgehead atoms. The first-order valence-electron chi connectivity index (χ1n) is 6.82. The molecule has 1 N–H and O–H groups in total. The van der Waals surface area contributed by atoms with Crippen molar-refractivity contribution in [1.29, 1.82) is 0 Å². The average molecular weight is 345 g/mol. The first-order valence-corrected chi connectivity index (χ1v) is 6.82. The van der Waals surface area contributed by atoms with Gasteiger partial charge in [0, 0.05) is 30.8 Å². The van der Waals surface area contributed by atoms with Crippen LogP contribution in [-0.4, -0.2) is 21.0 Å². The number of benzene rings is 2. The van der Waals surface area contributed by atoms with Crippen LogP contribution in [0.2, 0.25) is 0 Å². The van der Waals surface area contributed by atoms with Gasteiger partial charge in [0.15, 0.2) is 0 Å². The summed E-state index contributed by atoms with van der Waals surface area (Å²) in [6.45, 7) is 0. The highest BCUT2D eigenvalue weighted by atomic mass is 16.6. The Morgan fingerprint density at radius 1 is 0.880 bits per heavy atom. The zero-order valence-corrected chi connectivity index (χ0v) is 12.6. The van der Waals surface area contributed by atoms with Crippen molar-refractivity contribution in [2.75, 3.05) is 5.43 Å². The van der Waals surface area contributed by atoms with Gasteiger partial charge in [-0.05, 0) is 11.6 Å². The number of hydrazone groups is 1. The summed E-state index contributed by atoms with van der Waals surface area (Å²) in [5.41, 5.74) is 2.33. The van der Waals surface area contributed by atoms with E-state index in [9.17, 15) is 30.3 Å². The van der Waals surface area contributed by atoms with Crippen molar-refractivity contribution < 1.29 is 14.8 Å².